The third-order valence-electron chi connectivity index (χ3n) is 3.88. The number of aliphatic hydroxyl groups is 1. The zero-order valence-electron chi connectivity index (χ0n) is 12.4. The quantitative estimate of drug-likeness (QED) is 0.724. The maximum absolute atomic E-state index is 13.0. The van der Waals surface area contributed by atoms with E-state index in [2.05, 4.69) is 13.5 Å². The van der Waals surface area contributed by atoms with Gasteiger partial charge in [0.1, 0.15) is 5.82 Å². The van der Waals surface area contributed by atoms with Gasteiger partial charge in [0.25, 0.3) is 0 Å². The molecular formula is C19H17FOS. The molecule has 1 aromatic carbocycles. The van der Waals surface area contributed by atoms with Crippen molar-refractivity contribution in [3.05, 3.63) is 76.7 Å². The Morgan fingerprint density at radius 3 is 2.59 bits per heavy atom. The van der Waals surface area contributed by atoms with E-state index in [1.54, 1.807) is 23.5 Å². The molecule has 1 nitrogen and oxygen atoms in total. The van der Waals surface area contributed by atoms with Crippen molar-refractivity contribution in [1.29, 1.82) is 0 Å². The van der Waals surface area contributed by atoms with Gasteiger partial charge in [0, 0.05) is 16.2 Å². The Balaban J connectivity index is 1.91. The third-order valence-corrected chi connectivity index (χ3v) is 5.08. The molecule has 0 aliphatic heterocycles. The minimum atomic E-state index is -0.228. The largest absolute Gasteiger partial charge is 0.512 e. The van der Waals surface area contributed by atoms with Crippen LogP contribution in [-0.2, 0) is 0 Å². The van der Waals surface area contributed by atoms with E-state index < -0.39 is 0 Å². The first-order valence-corrected chi connectivity index (χ1v) is 8.01. The average Bonchev–Trinajstić information content (AvgIpc) is 2.99. The van der Waals surface area contributed by atoms with E-state index >= 15 is 0 Å². The molecular weight excluding hydrogens is 295 g/mol. The lowest BCUT2D eigenvalue weighted by Gasteiger charge is -2.16. The first-order valence-electron chi connectivity index (χ1n) is 7.19. The van der Waals surface area contributed by atoms with Gasteiger partial charge in [-0.05, 0) is 60.4 Å². The Labute approximate surface area is 133 Å². The van der Waals surface area contributed by atoms with Crippen molar-refractivity contribution >= 4 is 16.9 Å². The van der Waals surface area contributed by atoms with E-state index in [0.717, 1.165) is 32.9 Å². The summed E-state index contributed by atoms with van der Waals surface area (Å²) in [5, 5.41) is 9.76. The summed E-state index contributed by atoms with van der Waals surface area (Å²) in [5.41, 5.74) is 4.20. The molecule has 3 rings (SSSR count). The van der Waals surface area contributed by atoms with Gasteiger partial charge in [-0.3, -0.25) is 0 Å². The summed E-state index contributed by atoms with van der Waals surface area (Å²) in [6.07, 6.45) is 3.39. The Hall–Kier alpha value is -2.13. The minimum Gasteiger partial charge on any atom is -0.512 e. The molecule has 0 bridgehead atoms. The van der Waals surface area contributed by atoms with Crippen LogP contribution in [0.2, 0.25) is 0 Å². The van der Waals surface area contributed by atoms with Gasteiger partial charge in [-0.25, -0.2) is 4.39 Å². The lowest BCUT2D eigenvalue weighted by atomic mass is 9.92. The molecule has 0 fully saturated rings. The number of aliphatic hydroxyl groups excluding tert-OH is 1. The number of thiophene rings is 1. The second kappa shape index (κ2) is 5.93. The van der Waals surface area contributed by atoms with Gasteiger partial charge in [0.05, 0.1) is 5.76 Å². The fourth-order valence-corrected chi connectivity index (χ4v) is 3.56. The first-order chi connectivity index (χ1) is 10.5. The monoisotopic (exact) mass is 312 g/mol. The maximum Gasteiger partial charge on any atom is 0.123 e. The average molecular weight is 312 g/mol. The zero-order valence-corrected chi connectivity index (χ0v) is 13.2. The molecule has 0 radical (unpaired) electrons. The molecule has 3 heteroatoms. The van der Waals surface area contributed by atoms with Crippen molar-refractivity contribution in [2.24, 2.45) is 0 Å². The first kappa shape index (κ1) is 14.8. The van der Waals surface area contributed by atoms with Gasteiger partial charge in [-0.2, -0.15) is 0 Å². The molecule has 0 unspecified atom stereocenters. The summed E-state index contributed by atoms with van der Waals surface area (Å²) in [7, 11) is 0. The van der Waals surface area contributed by atoms with Crippen LogP contribution in [0.3, 0.4) is 0 Å². The summed E-state index contributed by atoms with van der Waals surface area (Å²) in [4.78, 5) is 2.15. The highest BCUT2D eigenvalue weighted by atomic mass is 32.1. The van der Waals surface area contributed by atoms with Gasteiger partial charge < -0.3 is 5.11 Å². The number of halogens is 1. The van der Waals surface area contributed by atoms with Crippen molar-refractivity contribution in [3.63, 3.8) is 0 Å². The molecule has 1 heterocycles. The summed E-state index contributed by atoms with van der Waals surface area (Å²) in [6.45, 7) is 6.27. The lowest BCUT2D eigenvalue weighted by Crippen LogP contribution is -1.98. The zero-order chi connectivity index (χ0) is 15.7. The summed E-state index contributed by atoms with van der Waals surface area (Å²) >= 11 is 1.63. The molecule has 0 saturated heterocycles. The standard InChI is InChI=1S/C19H17FOS/c1-12-3-8-16(21)11-17(12)13(2)18-9-10-19(22-18)14-4-6-15(20)7-5-14/h4-7,9-11,21H,2-3,8H2,1H3. The van der Waals surface area contributed by atoms with Crippen LogP contribution < -0.4 is 0 Å². The molecule has 0 amide bonds. The van der Waals surface area contributed by atoms with Crippen LogP contribution in [0, 0.1) is 5.82 Å². The highest BCUT2D eigenvalue weighted by Crippen LogP contribution is 2.37. The predicted octanol–water partition coefficient (Wildman–Crippen LogP) is 6.12. The molecule has 1 aliphatic carbocycles. The van der Waals surface area contributed by atoms with Gasteiger partial charge in [-0.15, -0.1) is 11.3 Å². The lowest BCUT2D eigenvalue weighted by molar-refractivity contribution is 0.385. The van der Waals surface area contributed by atoms with E-state index in [9.17, 15) is 9.50 Å². The van der Waals surface area contributed by atoms with Crippen molar-refractivity contribution in [2.75, 3.05) is 0 Å². The van der Waals surface area contributed by atoms with Crippen LogP contribution in [-0.4, -0.2) is 5.11 Å². The van der Waals surface area contributed by atoms with E-state index in [4.69, 9.17) is 0 Å². The van der Waals surface area contributed by atoms with Crippen LogP contribution in [0.5, 0.6) is 0 Å². The summed E-state index contributed by atoms with van der Waals surface area (Å²) in [5.74, 6) is 0.186. The minimum absolute atomic E-state index is 0.228. The molecule has 0 saturated carbocycles. The summed E-state index contributed by atoms with van der Waals surface area (Å²) < 4.78 is 13.0. The topological polar surface area (TPSA) is 20.2 Å². The summed E-state index contributed by atoms with van der Waals surface area (Å²) in [6, 6.07) is 10.6. The normalized spacial score (nSPS) is 14.9. The van der Waals surface area contributed by atoms with E-state index in [1.165, 1.54) is 17.7 Å². The predicted molar refractivity (Wildman–Crippen MR) is 91.4 cm³/mol. The van der Waals surface area contributed by atoms with E-state index in [1.807, 2.05) is 18.2 Å². The Morgan fingerprint density at radius 2 is 1.86 bits per heavy atom. The highest BCUT2D eigenvalue weighted by molar-refractivity contribution is 7.16. The molecule has 1 N–H and O–H groups in total. The highest BCUT2D eigenvalue weighted by Gasteiger charge is 2.15. The van der Waals surface area contributed by atoms with Crippen molar-refractivity contribution in [2.45, 2.75) is 19.8 Å². The molecule has 0 atom stereocenters. The SMILES string of the molecule is C=C(C1=C(C)CCC(O)=C1)c1ccc(-c2ccc(F)cc2)s1. The smallest absolute Gasteiger partial charge is 0.123 e. The molecule has 1 aromatic heterocycles. The Bertz CT molecular complexity index is 778. The fourth-order valence-electron chi connectivity index (χ4n) is 2.56. The molecule has 112 valence electrons. The fraction of sp³-hybridized carbons (Fsp3) is 0.158. The van der Waals surface area contributed by atoms with E-state index in [-0.39, 0.29) is 5.82 Å². The van der Waals surface area contributed by atoms with Gasteiger partial charge in [0.2, 0.25) is 0 Å². The van der Waals surface area contributed by atoms with Gasteiger partial charge >= 0.3 is 0 Å². The van der Waals surface area contributed by atoms with E-state index in [0.29, 0.717) is 12.2 Å². The maximum atomic E-state index is 13.0. The van der Waals surface area contributed by atoms with Gasteiger partial charge in [0.15, 0.2) is 0 Å². The van der Waals surface area contributed by atoms with Crippen LogP contribution in [0.4, 0.5) is 4.39 Å². The van der Waals surface area contributed by atoms with Crippen molar-refractivity contribution < 1.29 is 9.50 Å². The number of benzene rings is 1. The third kappa shape index (κ3) is 2.90. The molecule has 0 spiro atoms. The second-order valence-electron chi connectivity index (χ2n) is 5.48. The molecule has 2 aromatic rings. The van der Waals surface area contributed by atoms with Crippen molar-refractivity contribution in [1.82, 2.24) is 0 Å². The number of allylic oxidation sites excluding steroid dienone is 5. The van der Waals surface area contributed by atoms with Crippen molar-refractivity contribution in [3.8, 4) is 10.4 Å². The number of hydrogen-bond acceptors (Lipinski definition) is 2. The second-order valence-corrected chi connectivity index (χ2v) is 6.56. The van der Waals surface area contributed by atoms with Crippen LogP contribution in [0.1, 0.15) is 24.6 Å². The molecule has 22 heavy (non-hydrogen) atoms. The van der Waals surface area contributed by atoms with Gasteiger partial charge in [-0.1, -0.05) is 24.3 Å². The Kier molecular flexibility index (Phi) is 3.99. The van der Waals surface area contributed by atoms with Crippen LogP contribution in [0.25, 0.3) is 16.0 Å². The van der Waals surface area contributed by atoms with Crippen LogP contribution in [0.15, 0.2) is 66.0 Å². The number of hydrogen-bond donors (Lipinski definition) is 1. The Morgan fingerprint density at radius 1 is 1.14 bits per heavy atom. The number of rotatable bonds is 3. The molecule has 1 aliphatic rings. The van der Waals surface area contributed by atoms with Crippen LogP contribution >= 0.6 is 11.3 Å².